The first-order valence-corrected chi connectivity index (χ1v) is 8.57. The predicted octanol–water partition coefficient (Wildman–Crippen LogP) is 3.25. The number of benzene rings is 1. The maximum atomic E-state index is 5.20. The van der Waals surface area contributed by atoms with Crippen molar-refractivity contribution < 1.29 is 9.26 Å². The molecule has 0 spiro atoms. The fourth-order valence-electron chi connectivity index (χ4n) is 2.40. The second-order valence-corrected chi connectivity index (χ2v) is 5.82. The highest BCUT2D eigenvalue weighted by atomic mass is 127. The number of aryl methyl sites for hydroxylation is 1. The number of guanidine groups is 1. The van der Waals surface area contributed by atoms with Gasteiger partial charge < -0.3 is 19.9 Å². The van der Waals surface area contributed by atoms with Crippen LogP contribution < -0.4 is 15.4 Å². The van der Waals surface area contributed by atoms with Gasteiger partial charge in [-0.15, -0.1) is 24.0 Å². The highest BCUT2D eigenvalue weighted by molar-refractivity contribution is 14.0. The minimum Gasteiger partial charge on any atom is -0.497 e. The second-order valence-electron chi connectivity index (χ2n) is 5.82. The molecule has 8 heteroatoms. The van der Waals surface area contributed by atoms with Crippen LogP contribution in [-0.2, 0) is 6.54 Å². The van der Waals surface area contributed by atoms with E-state index in [-0.39, 0.29) is 24.0 Å². The lowest BCUT2D eigenvalue weighted by Crippen LogP contribution is -2.38. The molecule has 1 atom stereocenters. The first-order chi connectivity index (χ1) is 12.1. The zero-order chi connectivity index (χ0) is 18.1. The van der Waals surface area contributed by atoms with Gasteiger partial charge in [0.05, 0.1) is 7.11 Å². The van der Waals surface area contributed by atoms with E-state index < -0.39 is 0 Å². The average Bonchev–Trinajstić information content (AvgIpc) is 3.05. The summed E-state index contributed by atoms with van der Waals surface area (Å²) in [5.41, 5.74) is 1.30. The summed E-state index contributed by atoms with van der Waals surface area (Å²) in [5, 5.41) is 10.3. The van der Waals surface area contributed by atoms with Crippen molar-refractivity contribution in [2.45, 2.75) is 39.7 Å². The van der Waals surface area contributed by atoms with Gasteiger partial charge in [-0.2, -0.15) is 4.98 Å². The molecule has 1 aromatic carbocycles. The van der Waals surface area contributed by atoms with Crippen molar-refractivity contribution in [3.8, 4) is 5.75 Å². The van der Waals surface area contributed by atoms with E-state index in [1.165, 1.54) is 5.56 Å². The summed E-state index contributed by atoms with van der Waals surface area (Å²) in [6, 6.07) is 8.22. The number of nitrogens with one attached hydrogen (secondary N) is 2. The van der Waals surface area contributed by atoms with Gasteiger partial charge >= 0.3 is 0 Å². The van der Waals surface area contributed by atoms with Crippen molar-refractivity contribution in [2.24, 2.45) is 4.99 Å². The molecule has 0 radical (unpaired) electrons. The van der Waals surface area contributed by atoms with Gasteiger partial charge in [-0.1, -0.05) is 24.2 Å². The first kappa shape index (κ1) is 22.2. The molecule has 144 valence electrons. The molecule has 1 aromatic heterocycles. The zero-order valence-corrected chi connectivity index (χ0v) is 18.1. The number of hydrogen-bond donors (Lipinski definition) is 2. The molecule has 0 bridgehead atoms. The van der Waals surface area contributed by atoms with Crippen LogP contribution in [0.3, 0.4) is 0 Å². The summed E-state index contributed by atoms with van der Waals surface area (Å²) in [6.45, 7) is 8.03. The van der Waals surface area contributed by atoms with Crippen molar-refractivity contribution >= 4 is 29.9 Å². The van der Waals surface area contributed by atoms with Gasteiger partial charge in [0.25, 0.3) is 0 Å². The molecule has 1 heterocycles. The van der Waals surface area contributed by atoms with Crippen molar-refractivity contribution in [2.75, 3.05) is 20.2 Å². The summed E-state index contributed by atoms with van der Waals surface area (Å²) >= 11 is 0. The third-order valence-electron chi connectivity index (χ3n) is 3.84. The van der Waals surface area contributed by atoms with Crippen LogP contribution in [0, 0.1) is 6.92 Å². The second kappa shape index (κ2) is 11.7. The first-order valence-electron chi connectivity index (χ1n) is 8.57. The Kier molecular flexibility index (Phi) is 10.0. The van der Waals surface area contributed by atoms with Gasteiger partial charge in [0.1, 0.15) is 12.3 Å². The Hall–Kier alpha value is -1.84. The van der Waals surface area contributed by atoms with Crippen molar-refractivity contribution in [3.63, 3.8) is 0 Å². The standard InChI is InChI=1S/C18H27N5O2.HI/c1-5-19-18(21-12-17-22-14(3)23-25-17)20-11-10-13(2)15-6-8-16(24-4)9-7-15;/h6-9,13H,5,10-12H2,1-4H3,(H2,19,20,21);1H. The summed E-state index contributed by atoms with van der Waals surface area (Å²) < 4.78 is 10.3. The van der Waals surface area contributed by atoms with Gasteiger partial charge in [0.2, 0.25) is 5.89 Å². The fourth-order valence-corrected chi connectivity index (χ4v) is 2.40. The molecule has 2 N–H and O–H groups in total. The molecule has 0 aliphatic rings. The molecule has 0 saturated carbocycles. The molecule has 1 unspecified atom stereocenters. The van der Waals surface area contributed by atoms with Crippen molar-refractivity contribution in [1.29, 1.82) is 0 Å². The Labute approximate surface area is 172 Å². The van der Waals surface area contributed by atoms with Crippen LogP contribution >= 0.6 is 24.0 Å². The van der Waals surface area contributed by atoms with E-state index in [2.05, 4.69) is 44.8 Å². The average molecular weight is 473 g/mol. The minimum atomic E-state index is 0. The van der Waals surface area contributed by atoms with Crippen molar-refractivity contribution in [3.05, 3.63) is 41.5 Å². The van der Waals surface area contributed by atoms with Crippen LogP contribution in [0.5, 0.6) is 5.75 Å². The lowest BCUT2D eigenvalue weighted by Gasteiger charge is -2.15. The van der Waals surface area contributed by atoms with Crippen LogP contribution in [-0.4, -0.2) is 36.3 Å². The SMILES string of the molecule is CCNC(=NCc1nc(C)no1)NCCC(C)c1ccc(OC)cc1.I. The zero-order valence-electron chi connectivity index (χ0n) is 15.8. The van der Waals surface area contributed by atoms with Crippen molar-refractivity contribution in [1.82, 2.24) is 20.8 Å². The van der Waals surface area contributed by atoms with E-state index in [1.54, 1.807) is 14.0 Å². The lowest BCUT2D eigenvalue weighted by atomic mass is 9.98. The van der Waals surface area contributed by atoms with Gasteiger partial charge in [-0.25, -0.2) is 4.99 Å². The molecule has 26 heavy (non-hydrogen) atoms. The Morgan fingerprint density at radius 1 is 1.27 bits per heavy atom. The molecule has 2 aromatic rings. The molecule has 0 saturated heterocycles. The third-order valence-corrected chi connectivity index (χ3v) is 3.84. The van der Waals surface area contributed by atoms with E-state index in [4.69, 9.17) is 9.26 Å². The smallest absolute Gasteiger partial charge is 0.248 e. The van der Waals surface area contributed by atoms with Crippen LogP contribution in [0.1, 0.15) is 43.5 Å². The minimum absolute atomic E-state index is 0. The molecular formula is C18H28IN5O2. The highest BCUT2D eigenvalue weighted by Crippen LogP contribution is 2.21. The molecule has 0 aliphatic heterocycles. The fraction of sp³-hybridized carbons (Fsp3) is 0.500. The van der Waals surface area contributed by atoms with E-state index in [9.17, 15) is 0 Å². The van der Waals surface area contributed by atoms with E-state index >= 15 is 0 Å². The number of halogens is 1. The molecule has 0 amide bonds. The van der Waals surface area contributed by atoms with Crippen LogP contribution in [0.25, 0.3) is 0 Å². The Morgan fingerprint density at radius 3 is 2.58 bits per heavy atom. The summed E-state index contributed by atoms with van der Waals surface area (Å²) in [7, 11) is 1.68. The summed E-state index contributed by atoms with van der Waals surface area (Å²) in [4.78, 5) is 8.63. The van der Waals surface area contributed by atoms with Gasteiger partial charge in [0.15, 0.2) is 11.8 Å². The number of rotatable bonds is 8. The quantitative estimate of drug-likeness (QED) is 0.348. The van der Waals surface area contributed by atoms with E-state index in [0.29, 0.717) is 24.2 Å². The number of ether oxygens (including phenoxy) is 1. The maximum Gasteiger partial charge on any atom is 0.248 e. The Morgan fingerprint density at radius 2 is 2.00 bits per heavy atom. The monoisotopic (exact) mass is 473 g/mol. The lowest BCUT2D eigenvalue weighted by molar-refractivity contribution is 0.376. The number of methoxy groups -OCH3 is 1. The Bertz CT molecular complexity index is 672. The van der Waals surface area contributed by atoms with E-state index in [1.807, 2.05) is 19.1 Å². The Balaban J connectivity index is 0.00000338. The molecule has 2 rings (SSSR count). The summed E-state index contributed by atoms with van der Waals surface area (Å²) in [5.74, 6) is 3.21. The maximum absolute atomic E-state index is 5.20. The van der Waals surface area contributed by atoms with E-state index in [0.717, 1.165) is 31.2 Å². The van der Waals surface area contributed by atoms with Crippen LogP contribution in [0.15, 0.2) is 33.8 Å². The molecule has 0 fully saturated rings. The number of hydrogen-bond acceptors (Lipinski definition) is 5. The van der Waals surface area contributed by atoms with Crippen LogP contribution in [0.4, 0.5) is 0 Å². The normalized spacial score (nSPS) is 12.2. The van der Waals surface area contributed by atoms with Gasteiger partial charge in [-0.3, -0.25) is 0 Å². The molecular weight excluding hydrogens is 445 g/mol. The third kappa shape index (κ3) is 7.19. The molecule has 0 aliphatic carbocycles. The topological polar surface area (TPSA) is 84.6 Å². The predicted molar refractivity (Wildman–Crippen MR) is 113 cm³/mol. The number of aliphatic imine (C=N–C) groups is 1. The highest BCUT2D eigenvalue weighted by Gasteiger charge is 2.07. The number of aromatic nitrogens is 2. The summed E-state index contributed by atoms with van der Waals surface area (Å²) in [6.07, 6.45) is 0.996. The number of nitrogens with zero attached hydrogens (tertiary/aromatic N) is 3. The van der Waals surface area contributed by atoms with Crippen LogP contribution in [0.2, 0.25) is 0 Å². The van der Waals surface area contributed by atoms with Gasteiger partial charge in [-0.05, 0) is 43.9 Å². The molecule has 7 nitrogen and oxygen atoms in total. The van der Waals surface area contributed by atoms with Gasteiger partial charge in [0, 0.05) is 13.1 Å². The largest absolute Gasteiger partial charge is 0.497 e.